The van der Waals surface area contributed by atoms with Gasteiger partial charge in [-0.1, -0.05) is 29.8 Å². The van der Waals surface area contributed by atoms with Crippen molar-refractivity contribution in [2.24, 2.45) is 0 Å². The number of anilines is 2. The Labute approximate surface area is 211 Å². The van der Waals surface area contributed by atoms with Crippen molar-refractivity contribution >= 4 is 44.0 Å². The van der Waals surface area contributed by atoms with E-state index in [9.17, 15) is 12.8 Å². The van der Waals surface area contributed by atoms with Crippen LogP contribution >= 0.6 is 11.6 Å². The molecule has 2 aromatic heterocycles. The fourth-order valence-corrected chi connectivity index (χ4v) is 5.43. The Hall–Kier alpha value is -4.15. The third kappa shape index (κ3) is 4.32. The molecule has 0 atom stereocenters. The minimum atomic E-state index is -4.27. The standard InChI is InChI=1S/C25H17ClFN5O3S/c1-35-24-12-21(16-4-2-5-19(27)10-16)22(26)13-23(24)32(25-28-8-3-9-29-25)36(33,34)20-7-6-17-14-30-31-15-18(17)11-20/h2-15H,1H3. The van der Waals surface area contributed by atoms with Gasteiger partial charge in [0.1, 0.15) is 17.3 Å². The minimum Gasteiger partial charge on any atom is -0.495 e. The molecule has 0 fully saturated rings. The van der Waals surface area contributed by atoms with E-state index < -0.39 is 15.8 Å². The lowest BCUT2D eigenvalue weighted by atomic mass is 10.0. The summed E-state index contributed by atoms with van der Waals surface area (Å²) in [4.78, 5) is 8.32. The highest BCUT2D eigenvalue weighted by Crippen LogP contribution is 2.43. The molecule has 5 aromatic rings. The first-order chi connectivity index (χ1) is 17.4. The van der Waals surface area contributed by atoms with Crippen molar-refractivity contribution in [3.05, 3.63) is 96.3 Å². The molecule has 0 aliphatic carbocycles. The van der Waals surface area contributed by atoms with Crippen molar-refractivity contribution in [2.45, 2.75) is 4.90 Å². The Morgan fingerprint density at radius 3 is 2.39 bits per heavy atom. The predicted octanol–water partition coefficient (Wildman–Crippen LogP) is 5.41. The Bertz CT molecular complexity index is 1690. The average Bonchev–Trinajstić information content (AvgIpc) is 2.89. The smallest absolute Gasteiger partial charge is 0.271 e. The van der Waals surface area contributed by atoms with Crippen LogP contribution < -0.4 is 9.04 Å². The largest absolute Gasteiger partial charge is 0.495 e. The third-order valence-corrected chi connectivity index (χ3v) is 7.42. The van der Waals surface area contributed by atoms with Crippen LogP contribution in [0.5, 0.6) is 5.75 Å². The van der Waals surface area contributed by atoms with Crippen LogP contribution in [0.2, 0.25) is 5.02 Å². The normalized spacial score (nSPS) is 11.4. The van der Waals surface area contributed by atoms with Crippen molar-refractivity contribution in [1.29, 1.82) is 0 Å². The number of benzene rings is 3. The van der Waals surface area contributed by atoms with E-state index in [4.69, 9.17) is 16.3 Å². The van der Waals surface area contributed by atoms with Gasteiger partial charge in [-0.2, -0.15) is 14.5 Å². The maximum Gasteiger partial charge on any atom is 0.271 e. The molecule has 180 valence electrons. The van der Waals surface area contributed by atoms with Crippen LogP contribution in [0.3, 0.4) is 0 Å². The molecule has 0 bridgehead atoms. The molecule has 3 aromatic carbocycles. The van der Waals surface area contributed by atoms with Crippen LogP contribution in [0.25, 0.3) is 21.9 Å². The summed E-state index contributed by atoms with van der Waals surface area (Å²) in [6.07, 6.45) is 5.87. The second-order valence-corrected chi connectivity index (χ2v) is 9.81. The number of aromatic nitrogens is 4. The first kappa shape index (κ1) is 23.6. The van der Waals surface area contributed by atoms with Crippen molar-refractivity contribution in [3.8, 4) is 16.9 Å². The first-order valence-electron chi connectivity index (χ1n) is 10.5. The van der Waals surface area contributed by atoms with Crippen LogP contribution in [-0.4, -0.2) is 35.7 Å². The summed E-state index contributed by atoms with van der Waals surface area (Å²) in [7, 11) is -2.87. The molecule has 0 spiro atoms. The number of hydrogen-bond donors (Lipinski definition) is 0. The van der Waals surface area contributed by atoms with E-state index in [2.05, 4.69) is 20.2 Å². The van der Waals surface area contributed by atoms with Crippen LogP contribution in [0.1, 0.15) is 0 Å². The molecule has 0 aliphatic rings. The molecule has 2 heterocycles. The molecule has 0 radical (unpaired) electrons. The number of sulfonamides is 1. The number of ether oxygens (including phenoxy) is 1. The van der Waals surface area contributed by atoms with Gasteiger partial charge in [-0.05, 0) is 48.0 Å². The van der Waals surface area contributed by atoms with E-state index >= 15 is 0 Å². The Balaban J connectivity index is 1.72. The van der Waals surface area contributed by atoms with Gasteiger partial charge in [-0.25, -0.2) is 22.8 Å². The van der Waals surface area contributed by atoms with E-state index in [1.165, 1.54) is 62.2 Å². The fraction of sp³-hybridized carbons (Fsp3) is 0.0400. The molecule has 11 heteroatoms. The molecule has 36 heavy (non-hydrogen) atoms. The summed E-state index contributed by atoms with van der Waals surface area (Å²) in [6, 6.07) is 15.0. The average molecular weight is 522 g/mol. The van der Waals surface area contributed by atoms with Crippen LogP contribution in [0, 0.1) is 5.82 Å². The summed E-state index contributed by atoms with van der Waals surface area (Å²) in [5, 5.41) is 9.15. The van der Waals surface area contributed by atoms with E-state index in [1.54, 1.807) is 30.3 Å². The summed E-state index contributed by atoms with van der Waals surface area (Å²) in [6.45, 7) is 0. The Morgan fingerprint density at radius 2 is 1.67 bits per heavy atom. The molecular formula is C25H17ClFN5O3S. The first-order valence-corrected chi connectivity index (χ1v) is 12.4. The summed E-state index contributed by atoms with van der Waals surface area (Å²) in [5.41, 5.74) is 1.06. The molecule has 0 saturated carbocycles. The monoisotopic (exact) mass is 521 g/mol. The Kier molecular flexibility index (Phi) is 6.21. The maximum absolute atomic E-state index is 14.0. The maximum atomic E-state index is 14.0. The van der Waals surface area contributed by atoms with Gasteiger partial charge in [0.05, 0.1) is 29.4 Å². The third-order valence-electron chi connectivity index (χ3n) is 5.41. The van der Waals surface area contributed by atoms with Crippen LogP contribution in [-0.2, 0) is 10.0 Å². The SMILES string of the molecule is COc1cc(-c2cccc(F)c2)c(Cl)cc1N(c1ncccn1)S(=O)(=O)c1ccc2cnncc2c1. The number of methoxy groups -OCH3 is 1. The highest BCUT2D eigenvalue weighted by Gasteiger charge is 2.32. The highest BCUT2D eigenvalue weighted by molar-refractivity contribution is 7.93. The van der Waals surface area contributed by atoms with Gasteiger partial charge >= 0.3 is 0 Å². The number of fused-ring (bicyclic) bond motifs is 1. The van der Waals surface area contributed by atoms with Gasteiger partial charge in [0, 0.05) is 28.7 Å². The highest BCUT2D eigenvalue weighted by atomic mass is 35.5. The second-order valence-electron chi connectivity index (χ2n) is 7.61. The zero-order valence-corrected chi connectivity index (χ0v) is 20.3. The molecule has 0 aliphatic heterocycles. The molecule has 0 unspecified atom stereocenters. The minimum absolute atomic E-state index is 0.0252. The lowest BCUT2D eigenvalue weighted by molar-refractivity contribution is 0.416. The van der Waals surface area contributed by atoms with Crippen molar-refractivity contribution in [2.75, 3.05) is 11.4 Å². The van der Waals surface area contributed by atoms with Gasteiger partial charge in [-0.3, -0.25) is 0 Å². The number of rotatable bonds is 6. The number of nitrogens with zero attached hydrogens (tertiary/aromatic N) is 5. The summed E-state index contributed by atoms with van der Waals surface area (Å²) < 4.78 is 48.4. The van der Waals surface area contributed by atoms with Crippen molar-refractivity contribution < 1.29 is 17.5 Å². The van der Waals surface area contributed by atoms with E-state index in [1.807, 2.05) is 0 Å². The molecular weight excluding hydrogens is 505 g/mol. The quantitative estimate of drug-likeness (QED) is 0.294. The summed E-state index contributed by atoms with van der Waals surface area (Å²) in [5.74, 6) is -0.380. The molecule has 8 nitrogen and oxygen atoms in total. The Morgan fingerprint density at radius 1 is 0.917 bits per heavy atom. The number of hydrogen-bond acceptors (Lipinski definition) is 7. The van der Waals surface area contributed by atoms with Crippen LogP contribution in [0.4, 0.5) is 16.0 Å². The zero-order valence-electron chi connectivity index (χ0n) is 18.7. The molecule has 0 N–H and O–H groups in total. The second kappa shape index (κ2) is 9.48. The fourth-order valence-electron chi connectivity index (χ4n) is 3.72. The van der Waals surface area contributed by atoms with E-state index in [0.29, 0.717) is 16.5 Å². The lowest BCUT2D eigenvalue weighted by Gasteiger charge is -2.25. The van der Waals surface area contributed by atoms with Gasteiger partial charge in [0.15, 0.2) is 0 Å². The van der Waals surface area contributed by atoms with Gasteiger partial charge in [-0.15, -0.1) is 0 Å². The van der Waals surface area contributed by atoms with E-state index in [0.717, 1.165) is 9.69 Å². The predicted molar refractivity (Wildman–Crippen MR) is 134 cm³/mol. The van der Waals surface area contributed by atoms with Crippen molar-refractivity contribution in [3.63, 3.8) is 0 Å². The topological polar surface area (TPSA) is 98.2 Å². The van der Waals surface area contributed by atoms with Gasteiger partial charge < -0.3 is 4.74 Å². The van der Waals surface area contributed by atoms with Crippen LogP contribution in [0.15, 0.2) is 90.3 Å². The molecule has 0 amide bonds. The van der Waals surface area contributed by atoms with Gasteiger partial charge in [0.2, 0.25) is 5.95 Å². The lowest BCUT2D eigenvalue weighted by Crippen LogP contribution is -2.28. The van der Waals surface area contributed by atoms with E-state index in [-0.39, 0.29) is 27.3 Å². The zero-order chi connectivity index (χ0) is 25.3. The van der Waals surface area contributed by atoms with Gasteiger partial charge in [0.25, 0.3) is 10.0 Å². The molecule has 5 rings (SSSR count). The molecule has 0 saturated heterocycles. The number of halogens is 2. The van der Waals surface area contributed by atoms with Crippen molar-refractivity contribution in [1.82, 2.24) is 20.2 Å². The summed E-state index contributed by atoms with van der Waals surface area (Å²) >= 11 is 6.60.